The molecule has 6 heteroatoms. The molecule has 1 aromatic rings. The first kappa shape index (κ1) is 14.6. The minimum atomic E-state index is -0.217. The third kappa shape index (κ3) is 4.73. The molecule has 0 saturated carbocycles. The molecule has 1 amide bonds. The van der Waals surface area contributed by atoms with Gasteiger partial charge in [0.15, 0.2) is 0 Å². The van der Waals surface area contributed by atoms with E-state index in [1.165, 1.54) is 0 Å². The summed E-state index contributed by atoms with van der Waals surface area (Å²) in [5, 5.41) is 5.94. The summed E-state index contributed by atoms with van der Waals surface area (Å²) < 4.78 is 1.34. The van der Waals surface area contributed by atoms with Gasteiger partial charge in [0, 0.05) is 0 Å². The van der Waals surface area contributed by atoms with E-state index in [0.29, 0.717) is 10.3 Å². The number of halogens is 2. The third-order valence-corrected chi connectivity index (χ3v) is 3.21. The van der Waals surface area contributed by atoms with E-state index in [4.69, 9.17) is 0 Å². The van der Waals surface area contributed by atoms with Gasteiger partial charge < -0.3 is 10.6 Å². The number of nitrogens with one attached hydrogen (secondary N) is 2. The lowest BCUT2D eigenvalue weighted by molar-refractivity contribution is -0.117. The Bertz CT molecular complexity index is 398. The number of aromatic nitrogens is 1. The Kier molecular flexibility index (Phi) is 6.08. The number of hydrogen-bond acceptors (Lipinski definition) is 3. The summed E-state index contributed by atoms with van der Waals surface area (Å²) in [4.78, 5) is 16.0. The summed E-state index contributed by atoms with van der Waals surface area (Å²) in [6, 6.07) is 3.36. The SMILES string of the molecule is CCCNC(C)C(=O)Nc1ccc(Br)nc1Br. The Hall–Kier alpha value is -0.460. The van der Waals surface area contributed by atoms with Crippen LogP contribution in [0.15, 0.2) is 21.3 Å². The van der Waals surface area contributed by atoms with E-state index in [2.05, 4.69) is 54.4 Å². The first-order chi connectivity index (χ1) is 8.04. The highest BCUT2D eigenvalue weighted by atomic mass is 79.9. The number of amides is 1. The van der Waals surface area contributed by atoms with Gasteiger partial charge in [-0.3, -0.25) is 4.79 Å². The molecule has 0 fully saturated rings. The number of anilines is 1. The van der Waals surface area contributed by atoms with Crippen molar-refractivity contribution in [2.75, 3.05) is 11.9 Å². The molecule has 0 aliphatic rings. The van der Waals surface area contributed by atoms with E-state index < -0.39 is 0 Å². The summed E-state index contributed by atoms with van der Waals surface area (Å²) >= 11 is 6.56. The standard InChI is InChI=1S/C11H15Br2N3O/c1-3-6-14-7(2)11(17)15-8-4-5-9(12)16-10(8)13/h4-5,7,14H,3,6H2,1-2H3,(H,15,17). The Balaban J connectivity index is 2.61. The van der Waals surface area contributed by atoms with Crippen LogP contribution in [0, 0.1) is 0 Å². The highest BCUT2D eigenvalue weighted by Crippen LogP contribution is 2.22. The molecular weight excluding hydrogens is 350 g/mol. The van der Waals surface area contributed by atoms with E-state index in [1.54, 1.807) is 12.1 Å². The molecule has 2 N–H and O–H groups in total. The lowest BCUT2D eigenvalue weighted by atomic mass is 10.3. The zero-order chi connectivity index (χ0) is 12.8. The van der Waals surface area contributed by atoms with Gasteiger partial charge >= 0.3 is 0 Å². The average molecular weight is 365 g/mol. The number of nitrogens with zero attached hydrogens (tertiary/aromatic N) is 1. The molecule has 0 aliphatic carbocycles. The molecule has 0 aliphatic heterocycles. The number of carbonyl (C=O) groups is 1. The molecule has 17 heavy (non-hydrogen) atoms. The van der Waals surface area contributed by atoms with Crippen molar-refractivity contribution in [3.63, 3.8) is 0 Å². The Morgan fingerprint density at radius 1 is 1.47 bits per heavy atom. The topological polar surface area (TPSA) is 54.0 Å². The maximum absolute atomic E-state index is 11.8. The molecule has 1 rings (SSSR count). The van der Waals surface area contributed by atoms with E-state index in [-0.39, 0.29) is 11.9 Å². The molecule has 0 spiro atoms. The number of pyridine rings is 1. The largest absolute Gasteiger partial charge is 0.322 e. The predicted molar refractivity (Wildman–Crippen MR) is 76.0 cm³/mol. The second-order valence-electron chi connectivity index (χ2n) is 3.64. The van der Waals surface area contributed by atoms with Gasteiger partial charge in [0.1, 0.15) is 9.21 Å². The monoisotopic (exact) mass is 363 g/mol. The van der Waals surface area contributed by atoms with Crippen LogP contribution >= 0.6 is 31.9 Å². The highest BCUT2D eigenvalue weighted by molar-refractivity contribution is 9.11. The van der Waals surface area contributed by atoms with Crippen LogP contribution in [-0.2, 0) is 4.79 Å². The van der Waals surface area contributed by atoms with E-state index >= 15 is 0 Å². The molecule has 0 bridgehead atoms. The minimum absolute atomic E-state index is 0.0664. The molecule has 1 aromatic heterocycles. The fourth-order valence-corrected chi connectivity index (χ4v) is 2.17. The number of rotatable bonds is 5. The van der Waals surface area contributed by atoms with Crippen LogP contribution in [0.2, 0.25) is 0 Å². The molecule has 1 heterocycles. The number of hydrogen-bond donors (Lipinski definition) is 2. The van der Waals surface area contributed by atoms with Crippen molar-refractivity contribution >= 4 is 43.5 Å². The maximum Gasteiger partial charge on any atom is 0.241 e. The summed E-state index contributed by atoms with van der Waals surface area (Å²) in [5.41, 5.74) is 0.670. The second kappa shape index (κ2) is 7.08. The fourth-order valence-electron chi connectivity index (χ4n) is 1.20. The first-order valence-electron chi connectivity index (χ1n) is 5.41. The van der Waals surface area contributed by atoms with Gasteiger partial charge in [-0.1, -0.05) is 6.92 Å². The van der Waals surface area contributed by atoms with Crippen LogP contribution in [0.5, 0.6) is 0 Å². The molecule has 4 nitrogen and oxygen atoms in total. The van der Waals surface area contributed by atoms with Crippen molar-refractivity contribution in [2.24, 2.45) is 0 Å². The summed E-state index contributed by atoms with van der Waals surface area (Å²) in [7, 11) is 0. The fraction of sp³-hybridized carbons (Fsp3) is 0.455. The molecule has 1 atom stereocenters. The van der Waals surface area contributed by atoms with Crippen LogP contribution in [-0.4, -0.2) is 23.5 Å². The number of carbonyl (C=O) groups excluding carboxylic acids is 1. The zero-order valence-corrected chi connectivity index (χ0v) is 12.9. The summed E-state index contributed by atoms with van der Waals surface area (Å²) in [5.74, 6) is -0.0664. The predicted octanol–water partition coefficient (Wildman–Crippen LogP) is 2.93. The lowest BCUT2D eigenvalue weighted by Crippen LogP contribution is -2.38. The van der Waals surface area contributed by atoms with Crippen LogP contribution < -0.4 is 10.6 Å². The third-order valence-electron chi connectivity index (χ3n) is 2.17. The lowest BCUT2D eigenvalue weighted by Gasteiger charge is -2.14. The smallest absolute Gasteiger partial charge is 0.241 e. The van der Waals surface area contributed by atoms with Crippen molar-refractivity contribution in [3.05, 3.63) is 21.3 Å². The Morgan fingerprint density at radius 2 is 2.18 bits per heavy atom. The zero-order valence-electron chi connectivity index (χ0n) is 9.76. The van der Waals surface area contributed by atoms with E-state index in [1.807, 2.05) is 6.92 Å². The normalized spacial score (nSPS) is 12.2. The summed E-state index contributed by atoms with van der Waals surface area (Å²) in [6.07, 6.45) is 1.00. The molecule has 0 radical (unpaired) electrons. The second-order valence-corrected chi connectivity index (χ2v) is 5.20. The highest BCUT2D eigenvalue weighted by Gasteiger charge is 2.13. The molecule has 94 valence electrons. The van der Waals surface area contributed by atoms with Gasteiger partial charge in [-0.25, -0.2) is 4.98 Å². The molecule has 1 unspecified atom stereocenters. The molecular formula is C11H15Br2N3O. The average Bonchev–Trinajstić information content (AvgIpc) is 2.29. The van der Waals surface area contributed by atoms with Crippen LogP contribution in [0.1, 0.15) is 20.3 Å². The molecule has 0 saturated heterocycles. The molecule has 0 aromatic carbocycles. The van der Waals surface area contributed by atoms with Crippen molar-refractivity contribution in [1.29, 1.82) is 0 Å². The van der Waals surface area contributed by atoms with Gasteiger partial charge in [0.05, 0.1) is 11.7 Å². The van der Waals surface area contributed by atoms with Gasteiger partial charge in [-0.2, -0.15) is 0 Å². The van der Waals surface area contributed by atoms with E-state index in [0.717, 1.165) is 17.6 Å². The van der Waals surface area contributed by atoms with Crippen LogP contribution in [0.25, 0.3) is 0 Å². The van der Waals surface area contributed by atoms with Crippen LogP contribution in [0.4, 0.5) is 5.69 Å². The van der Waals surface area contributed by atoms with Crippen molar-refractivity contribution < 1.29 is 4.79 Å². The van der Waals surface area contributed by atoms with E-state index in [9.17, 15) is 4.79 Å². The Labute approximate surface area is 118 Å². The Morgan fingerprint density at radius 3 is 2.76 bits per heavy atom. The van der Waals surface area contributed by atoms with Crippen molar-refractivity contribution in [1.82, 2.24) is 10.3 Å². The van der Waals surface area contributed by atoms with Gasteiger partial charge in [0.25, 0.3) is 0 Å². The maximum atomic E-state index is 11.8. The minimum Gasteiger partial charge on any atom is -0.322 e. The van der Waals surface area contributed by atoms with Crippen LogP contribution in [0.3, 0.4) is 0 Å². The van der Waals surface area contributed by atoms with Gasteiger partial charge in [0.2, 0.25) is 5.91 Å². The quantitative estimate of drug-likeness (QED) is 0.790. The van der Waals surface area contributed by atoms with Crippen molar-refractivity contribution in [3.8, 4) is 0 Å². The first-order valence-corrected chi connectivity index (χ1v) is 6.99. The van der Waals surface area contributed by atoms with Crippen molar-refractivity contribution in [2.45, 2.75) is 26.3 Å². The van der Waals surface area contributed by atoms with Gasteiger partial charge in [-0.15, -0.1) is 0 Å². The summed E-state index contributed by atoms with van der Waals surface area (Å²) in [6.45, 7) is 4.73. The van der Waals surface area contributed by atoms with Gasteiger partial charge in [-0.05, 0) is 63.9 Å².